The van der Waals surface area contributed by atoms with E-state index >= 15 is 0 Å². The Bertz CT molecular complexity index is 542. The van der Waals surface area contributed by atoms with Crippen molar-refractivity contribution in [1.82, 2.24) is 0 Å². The van der Waals surface area contributed by atoms with E-state index in [2.05, 4.69) is 0 Å². The van der Waals surface area contributed by atoms with Gasteiger partial charge in [-0.2, -0.15) is 0 Å². The molecule has 3 rings (SSSR count). The van der Waals surface area contributed by atoms with Crippen LogP contribution in [0.2, 0.25) is 0 Å². The van der Waals surface area contributed by atoms with Gasteiger partial charge in [-0.3, -0.25) is 4.79 Å². The lowest BCUT2D eigenvalue weighted by molar-refractivity contribution is 0.00613. The number of hydrogen-bond donors (Lipinski definition) is 2. The number of hydrogen-bond acceptors (Lipinski definition) is 3. The SMILES string of the molecule is O=C1c2ccccc2C2=CC=CC(O)C12O. The second-order valence-corrected chi connectivity index (χ2v) is 4.05. The number of ketones is 1. The molecule has 2 aliphatic rings. The third-order valence-corrected chi connectivity index (χ3v) is 3.20. The molecule has 0 saturated carbocycles. The summed E-state index contributed by atoms with van der Waals surface area (Å²) in [5, 5.41) is 20.1. The average molecular weight is 214 g/mol. The highest BCUT2D eigenvalue weighted by Crippen LogP contribution is 2.43. The van der Waals surface area contributed by atoms with Crippen molar-refractivity contribution < 1.29 is 15.0 Å². The van der Waals surface area contributed by atoms with Crippen LogP contribution in [0.15, 0.2) is 42.5 Å². The average Bonchev–Trinajstić information content (AvgIpc) is 2.53. The molecule has 0 radical (unpaired) electrons. The van der Waals surface area contributed by atoms with E-state index in [9.17, 15) is 15.0 Å². The van der Waals surface area contributed by atoms with Crippen molar-refractivity contribution in [2.24, 2.45) is 0 Å². The third kappa shape index (κ3) is 0.919. The summed E-state index contributed by atoms with van der Waals surface area (Å²) in [4.78, 5) is 12.1. The van der Waals surface area contributed by atoms with Crippen molar-refractivity contribution in [3.05, 3.63) is 53.6 Å². The molecule has 0 aromatic heterocycles. The molecule has 80 valence electrons. The summed E-state index contributed by atoms with van der Waals surface area (Å²) in [5.74, 6) is -0.425. The lowest BCUT2D eigenvalue weighted by Gasteiger charge is -2.28. The van der Waals surface area contributed by atoms with Crippen LogP contribution in [0, 0.1) is 0 Å². The highest BCUT2D eigenvalue weighted by atomic mass is 16.3. The molecule has 0 spiro atoms. The quantitative estimate of drug-likeness (QED) is 0.675. The monoisotopic (exact) mass is 214 g/mol. The highest BCUT2D eigenvalue weighted by molar-refractivity contribution is 6.20. The summed E-state index contributed by atoms with van der Waals surface area (Å²) >= 11 is 0. The first-order chi connectivity index (χ1) is 7.65. The summed E-state index contributed by atoms with van der Waals surface area (Å²) in [6, 6.07) is 7.01. The van der Waals surface area contributed by atoms with E-state index < -0.39 is 17.5 Å². The van der Waals surface area contributed by atoms with Crippen LogP contribution in [-0.2, 0) is 0 Å². The zero-order valence-electron chi connectivity index (χ0n) is 8.42. The fraction of sp³-hybridized carbons (Fsp3) is 0.154. The molecule has 0 amide bonds. The zero-order chi connectivity index (χ0) is 11.3. The van der Waals surface area contributed by atoms with Crippen molar-refractivity contribution in [3.8, 4) is 0 Å². The number of carbonyl (C=O) groups is 1. The molecule has 0 saturated heterocycles. The maximum Gasteiger partial charge on any atom is 0.202 e. The van der Waals surface area contributed by atoms with E-state index in [1.165, 1.54) is 6.08 Å². The molecule has 16 heavy (non-hydrogen) atoms. The number of rotatable bonds is 0. The van der Waals surface area contributed by atoms with Gasteiger partial charge in [0.15, 0.2) is 5.60 Å². The standard InChI is InChI=1S/C13H10O3/c14-11-7-3-6-10-8-4-1-2-5-9(8)12(15)13(10,11)16/h1-7,11,14,16H. The Morgan fingerprint density at radius 2 is 1.88 bits per heavy atom. The first-order valence-corrected chi connectivity index (χ1v) is 5.09. The lowest BCUT2D eigenvalue weighted by Crippen LogP contribution is -2.47. The van der Waals surface area contributed by atoms with Crippen LogP contribution >= 0.6 is 0 Å². The number of aliphatic hydroxyl groups is 2. The zero-order valence-corrected chi connectivity index (χ0v) is 8.42. The van der Waals surface area contributed by atoms with Crippen molar-refractivity contribution in [1.29, 1.82) is 0 Å². The molecule has 3 heteroatoms. The first-order valence-electron chi connectivity index (χ1n) is 5.09. The molecule has 0 bridgehead atoms. The van der Waals surface area contributed by atoms with Crippen LogP contribution in [0.25, 0.3) is 5.57 Å². The van der Waals surface area contributed by atoms with Crippen molar-refractivity contribution in [3.63, 3.8) is 0 Å². The van der Waals surface area contributed by atoms with E-state index in [1.807, 2.05) is 6.07 Å². The fourth-order valence-electron chi connectivity index (χ4n) is 2.36. The maximum absolute atomic E-state index is 12.1. The number of aliphatic hydroxyl groups excluding tert-OH is 1. The third-order valence-electron chi connectivity index (χ3n) is 3.20. The van der Waals surface area contributed by atoms with Gasteiger partial charge in [0, 0.05) is 11.1 Å². The van der Waals surface area contributed by atoms with Crippen molar-refractivity contribution in [2.45, 2.75) is 11.7 Å². The van der Waals surface area contributed by atoms with E-state index in [1.54, 1.807) is 30.4 Å². The van der Waals surface area contributed by atoms with Gasteiger partial charge in [0.05, 0.1) is 0 Å². The van der Waals surface area contributed by atoms with Gasteiger partial charge in [-0.1, -0.05) is 42.5 Å². The molecule has 2 atom stereocenters. The first kappa shape index (κ1) is 9.51. The Hall–Kier alpha value is -1.71. The van der Waals surface area contributed by atoms with Gasteiger partial charge in [-0.05, 0) is 5.56 Å². The van der Waals surface area contributed by atoms with Crippen LogP contribution in [-0.4, -0.2) is 27.7 Å². The number of carbonyl (C=O) groups excluding carboxylic acids is 1. The van der Waals surface area contributed by atoms with E-state index in [-0.39, 0.29) is 0 Å². The molecule has 0 fully saturated rings. The lowest BCUT2D eigenvalue weighted by atomic mass is 9.84. The van der Waals surface area contributed by atoms with Crippen LogP contribution in [0.4, 0.5) is 0 Å². The molecular weight excluding hydrogens is 204 g/mol. The molecule has 0 aliphatic heterocycles. The van der Waals surface area contributed by atoms with Crippen molar-refractivity contribution in [2.75, 3.05) is 0 Å². The van der Waals surface area contributed by atoms with Crippen molar-refractivity contribution >= 4 is 11.4 Å². The molecule has 2 N–H and O–H groups in total. The predicted octanol–water partition coefficient (Wildman–Crippen LogP) is 0.928. The highest BCUT2D eigenvalue weighted by Gasteiger charge is 2.52. The summed E-state index contributed by atoms with van der Waals surface area (Å²) in [5.41, 5.74) is -0.126. The Balaban J connectivity index is 2.32. The Kier molecular flexibility index (Phi) is 1.73. The molecule has 2 aliphatic carbocycles. The maximum atomic E-state index is 12.1. The number of benzene rings is 1. The predicted molar refractivity (Wildman–Crippen MR) is 58.8 cm³/mol. The Morgan fingerprint density at radius 1 is 1.19 bits per heavy atom. The van der Waals surface area contributed by atoms with E-state index in [0.717, 1.165) is 0 Å². The normalized spacial score (nSPS) is 31.0. The molecule has 2 unspecified atom stereocenters. The van der Waals surface area contributed by atoms with Gasteiger partial charge in [0.1, 0.15) is 6.10 Å². The van der Waals surface area contributed by atoms with Gasteiger partial charge < -0.3 is 10.2 Å². The molecule has 1 aromatic carbocycles. The van der Waals surface area contributed by atoms with Crippen LogP contribution in [0.3, 0.4) is 0 Å². The molecule has 0 heterocycles. The smallest absolute Gasteiger partial charge is 0.202 e. The second-order valence-electron chi connectivity index (χ2n) is 4.05. The summed E-state index contributed by atoms with van der Waals surface area (Å²) in [6.07, 6.45) is 3.58. The summed E-state index contributed by atoms with van der Waals surface area (Å²) < 4.78 is 0. The van der Waals surface area contributed by atoms with Gasteiger partial charge in [-0.15, -0.1) is 0 Å². The molecular formula is C13H10O3. The van der Waals surface area contributed by atoms with E-state index in [0.29, 0.717) is 16.7 Å². The number of fused-ring (bicyclic) bond motifs is 3. The summed E-state index contributed by atoms with van der Waals surface area (Å²) in [6.45, 7) is 0. The largest absolute Gasteiger partial charge is 0.385 e. The molecule has 1 aromatic rings. The van der Waals surface area contributed by atoms with Crippen LogP contribution in [0.5, 0.6) is 0 Å². The second kappa shape index (κ2) is 2.90. The van der Waals surface area contributed by atoms with Gasteiger partial charge in [0.2, 0.25) is 5.78 Å². The minimum atomic E-state index is -1.79. The Morgan fingerprint density at radius 3 is 2.62 bits per heavy atom. The van der Waals surface area contributed by atoms with Crippen LogP contribution < -0.4 is 0 Å². The fourth-order valence-corrected chi connectivity index (χ4v) is 2.36. The molecule has 3 nitrogen and oxygen atoms in total. The Labute approximate surface area is 92.3 Å². The number of allylic oxidation sites excluding steroid dienone is 2. The van der Waals surface area contributed by atoms with E-state index in [4.69, 9.17) is 0 Å². The minimum absolute atomic E-state index is 0.425. The topological polar surface area (TPSA) is 57.5 Å². The number of Topliss-reactive ketones (excluding diaryl/α,β-unsaturated/α-hetero) is 1. The van der Waals surface area contributed by atoms with Gasteiger partial charge in [-0.25, -0.2) is 0 Å². The van der Waals surface area contributed by atoms with Crippen LogP contribution in [0.1, 0.15) is 15.9 Å². The minimum Gasteiger partial charge on any atom is -0.385 e. The summed E-state index contributed by atoms with van der Waals surface area (Å²) in [7, 11) is 0. The van der Waals surface area contributed by atoms with Gasteiger partial charge >= 0.3 is 0 Å². The van der Waals surface area contributed by atoms with Gasteiger partial charge in [0.25, 0.3) is 0 Å².